The zero-order valence-electron chi connectivity index (χ0n) is 12.5. The summed E-state index contributed by atoms with van der Waals surface area (Å²) >= 11 is 0. The lowest BCUT2D eigenvalue weighted by Crippen LogP contribution is -2.55. The summed E-state index contributed by atoms with van der Waals surface area (Å²) in [7, 11) is 0. The van der Waals surface area contributed by atoms with Gasteiger partial charge in [0.1, 0.15) is 0 Å². The molecule has 2 nitrogen and oxygen atoms in total. The van der Waals surface area contributed by atoms with Gasteiger partial charge in [0.15, 0.2) is 0 Å². The summed E-state index contributed by atoms with van der Waals surface area (Å²) < 4.78 is 26.4. The molecule has 1 N–H and O–H groups in total. The summed E-state index contributed by atoms with van der Waals surface area (Å²) in [6.07, 6.45) is 7.84. The third kappa shape index (κ3) is 2.49. The molecular weight excluding hydrogens is 272 g/mol. The van der Waals surface area contributed by atoms with E-state index < -0.39 is 5.92 Å². The van der Waals surface area contributed by atoms with Crippen molar-refractivity contribution in [3.05, 3.63) is 0 Å². The van der Waals surface area contributed by atoms with Gasteiger partial charge in [-0.3, -0.25) is 4.79 Å². The van der Waals surface area contributed by atoms with Crippen LogP contribution in [0.15, 0.2) is 0 Å². The molecule has 0 unspecified atom stereocenters. The van der Waals surface area contributed by atoms with Crippen molar-refractivity contribution in [1.29, 1.82) is 0 Å². The Labute approximate surface area is 125 Å². The molecule has 5 aliphatic carbocycles. The molecule has 0 atom stereocenters. The summed E-state index contributed by atoms with van der Waals surface area (Å²) in [4.78, 5) is 12.8. The smallest absolute Gasteiger partial charge is 0.248 e. The standard InChI is InChI=1S/C17H25F2NO/c18-17(19)3-1-14(2-4-17)20-15(21)16-8-11-5-12(9-16)7-13(6-11)10-16/h11-14H,1-10H2,(H,20,21). The molecule has 0 aliphatic heterocycles. The summed E-state index contributed by atoms with van der Waals surface area (Å²) in [6, 6.07) is -0.0230. The number of halogens is 2. The second-order valence-corrected chi connectivity index (χ2v) is 8.30. The van der Waals surface area contributed by atoms with Gasteiger partial charge in [0, 0.05) is 24.3 Å². The van der Waals surface area contributed by atoms with Gasteiger partial charge in [0.25, 0.3) is 0 Å². The third-order valence-corrected chi connectivity index (χ3v) is 6.57. The molecule has 0 spiro atoms. The summed E-state index contributed by atoms with van der Waals surface area (Å²) in [5.41, 5.74) is -0.144. The van der Waals surface area contributed by atoms with Crippen LogP contribution in [0.1, 0.15) is 64.2 Å². The second-order valence-electron chi connectivity index (χ2n) is 8.30. The first-order valence-electron chi connectivity index (χ1n) is 8.63. The fourth-order valence-electron chi connectivity index (χ4n) is 5.91. The van der Waals surface area contributed by atoms with Crippen LogP contribution in [-0.2, 0) is 4.79 Å². The maximum absolute atomic E-state index is 13.2. The Hall–Kier alpha value is -0.670. The zero-order valence-corrected chi connectivity index (χ0v) is 12.5. The highest BCUT2D eigenvalue weighted by molar-refractivity contribution is 5.83. The van der Waals surface area contributed by atoms with E-state index in [4.69, 9.17) is 0 Å². The normalized spacial score (nSPS) is 44.8. The maximum atomic E-state index is 13.2. The molecule has 5 aliphatic rings. The molecule has 5 fully saturated rings. The number of hydrogen-bond acceptors (Lipinski definition) is 1. The summed E-state index contributed by atoms with van der Waals surface area (Å²) in [6.45, 7) is 0. The zero-order chi connectivity index (χ0) is 14.7. The third-order valence-electron chi connectivity index (χ3n) is 6.57. The van der Waals surface area contributed by atoms with Crippen molar-refractivity contribution >= 4 is 5.91 Å². The molecule has 1 amide bonds. The van der Waals surface area contributed by atoms with Crippen molar-refractivity contribution < 1.29 is 13.6 Å². The lowest BCUT2D eigenvalue weighted by atomic mass is 9.49. The monoisotopic (exact) mass is 297 g/mol. The minimum atomic E-state index is -2.51. The van der Waals surface area contributed by atoms with Crippen LogP contribution in [0.3, 0.4) is 0 Å². The van der Waals surface area contributed by atoms with Gasteiger partial charge < -0.3 is 5.32 Å². The molecule has 0 aromatic carbocycles. The number of alkyl halides is 2. The molecule has 0 aromatic rings. The van der Waals surface area contributed by atoms with Crippen LogP contribution < -0.4 is 5.32 Å². The van der Waals surface area contributed by atoms with Crippen LogP contribution in [0.5, 0.6) is 0 Å². The Morgan fingerprint density at radius 1 is 0.905 bits per heavy atom. The van der Waals surface area contributed by atoms with Crippen molar-refractivity contribution in [3.8, 4) is 0 Å². The van der Waals surface area contributed by atoms with Crippen molar-refractivity contribution in [1.82, 2.24) is 5.32 Å². The van der Waals surface area contributed by atoms with Gasteiger partial charge in [-0.1, -0.05) is 0 Å². The van der Waals surface area contributed by atoms with Crippen LogP contribution in [-0.4, -0.2) is 17.9 Å². The first kappa shape index (κ1) is 14.0. The Morgan fingerprint density at radius 3 is 1.86 bits per heavy atom. The quantitative estimate of drug-likeness (QED) is 0.823. The van der Waals surface area contributed by atoms with E-state index in [1.54, 1.807) is 0 Å². The number of hydrogen-bond donors (Lipinski definition) is 1. The molecule has 21 heavy (non-hydrogen) atoms. The van der Waals surface area contributed by atoms with Crippen LogP contribution in [0.4, 0.5) is 8.78 Å². The average molecular weight is 297 g/mol. The molecule has 0 aromatic heterocycles. The fourth-order valence-corrected chi connectivity index (χ4v) is 5.91. The van der Waals surface area contributed by atoms with E-state index in [1.807, 2.05) is 0 Å². The van der Waals surface area contributed by atoms with Gasteiger partial charge >= 0.3 is 0 Å². The molecule has 5 saturated carbocycles. The Morgan fingerprint density at radius 2 is 1.38 bits per heavy atom. The minimum Gasteiger partial charge on any atom is -0.353 e. The second kappa shape index (κ2) is 4.66. The summed E-state index contributed by atoms with van der Waals surface area (Å²) in [5.74, 6) is -0.0769. The minimum absolute atomic E-state index is 0.0230. The van der Waals surface area contributed by atoms with Crippen LogP contribution in [0.2, 0.25) is 0 Å². The van der Waals surface area contributed by atoms with Crippen LogP contribution in [0.25, 0.3) is 0 Å². The number of carbonyl (C=O) groups excluding carboxylic acids is 1. The highest BCUT2D eigenvalue weighted by Gasteiger charge is 2.54. The van der Waals surface area contributed by atoms with Gasteiger partial charge in [-0.05, 0) is 69.1 Å². The molecule has 0 heterocycles. The van der Waals surface area contributed by atoms with E-state index in [9.17, 15) is 13.6 Å². The van der Waals surface area contributed by atoms with E-state index in [2.05, 4.69) is 5.32 Å². The van der Waals surface area contributed by atoms with Crippen molar-refractivity contribution in [2.75, 3.05) is 0 Å². The SMILES string of the molecule is O=C(NC1CCC(F)(F)CC1)C12CC3CC(CC(C3)C1)C2. The summed E-state index contributed by atoms with van der Waals surface area (Å²) in [5, 5.41) is 3.14. The van der Waals surface area contributed by atoms with Crippen molar-refractivity contribution in [2.45, 2.75) is 76.2 Å². The number of carbonyl (C=O) groups is 1. The molecule has 0 radical (unpaired) electrons. The van der Waals surface area contributed by atoms with Gasteiger partial charge in [0.2, 0.25) is 11.8 Å². The molecule has 118 valence electrons. The van der Waals surface area contributed by atoms with Crippen molar-refractivity contribution in [2.24, 2.45) is 23.2 Å². The van der Waals surface area contributed by atoms with Gasteiger partial charge in [-0.15, -0.1) is 0 Å². The number of rotatable bonds is 2. The molecule has 4 bridgehead atoms. The topological polar surface area (TPSA) is 29.1 Å². The molecular formula is C17H25F2NO. The molecule has 5 rings (SSSR count). The van der Waals surface area contributed by atoms with Gasteiger partial charge in [-0.2, -0.15) is 0 Å². The molecule has 4 heteroatoms. The Kier molecular flexibility index (Phi) is 3.10. The lowest BCUT2D eigenvalue weighted by molar-refractivity contribution is -0.148. The van der Waals surface area contributed by atoms with E-state index in [0.29, 0.717) is 12.8 Å². The Balaban J connectivity index is 1.41. The first-order valence-corrected chi connectivity index (χ1v) is 8.63. The van der Waals surface area contributed by atoms with Gasteiger partial charge in [-0.25, -0.2) is 8.78 Å². The van der Waals surface area contributed by atoms with E-state index >= 15 is 0 Å². The van der Waals surface area contributed by atoms with E-state index in [0.717, 1.165) is 37.0 Å². The van der Waals surface area contributed by atoms with Crippen LogP contribution in [0, 0.1) is 23.2 Å². The van der Waals surface area contributed by atoms with Crippen LogP contribution >= 0.6 is 0 Å². The highest BCUT2D eigenvalue weighted by Crippen LogP contribution is 2.60. The largest absolute Gasteiger partial charge is 0.353 e. The number of nitrogens with one attached hydrogen (secondary N) is 1. The van der Waals surface area contributed by atoms with E-state index in [-0.39, 0.29) is 30.2 Å². The predicted molar refractivity (Wildman–Crippen MR) is 76.0 cm³/mol. The van der Waals surface area contributed by atoms with Crippen molar-refractivity contribution in [3.63, 3.8) is 0 Å². The highest BCUT2D eigenvalue weighted by atomic mass is 19.3. The molecule has 0 saturated heterocycles. The van der Waals surface area contributed by atoms with E-state index in [1.165, 1.54) is 19.3 Å². The maximum Gasteiger partial charge on any atom is 0.248 e. The number of amides is 1. The lowest BCUT2D eigenvalue weighted by Gasteiger charge is -2.56. The average Bonchev–Trinajstić information content (AvgIpc) is 2.39. The first-order chi connectivity index (χ1) is 9.94. The Bertz CT molecular complexity index is 403. The predicted octanol–water partition coefficient (Wildman–Crippen LogP) is 3.90. The van der Waals surface area contributed by atoms with Gasteiger partial charge in [0.05, 0.1) is 0 Å². The fraction of sp³-hybridized carbons (Fsp3) is 0.941.